The lowest BCUT2D eigenvalue weighted by molar-refractivity contribution is 0.572. The third-order valence-corrected chi connectivity index (χ3v) is 3.16. The third-order valence-electron chi connectivity index (χ3n) is 2.75. The van der Waals surface area contributed by atoms with Gasteiger partial charge in [-0.1, -0.05) is 11.6 Å². The van der Waals surface area contributed by atoms with Crippen LogP contribution in [0.5, 0.6) is 0 Å². The Morgan fingerprint density at radius 1 is 1.40 bits per heavy atom. The molecule has 15 heavy (non-hydrogen) atoms. The monoisotopic (exact) mass is 245 g/mol. The first-order valence-corrected chi connectivity index (χ1v) is 6.01. The summed E-state index contributed by atoms with van der Waals surface area (Å²) in [6, 6.07) is 3.69. The molecule has 1 unspecified atom stereocenters. The van der Waals surface area contributed by atoms with Gasteiger partial charge in [0.15, 0.2) is 11.0 Å². The van der Waals surface area contributed by atoms with E-state index in [1.165, 1.54) is 6.42 Å². The Bertz CT molecular complexity index is 315. The van der Waals surface area contributed by atoms with Crippen molar-refractivity contribution in [2.75, 3.05) is 23.9 Å². The predicted molar refractivity (Wildman–Crippen MR) is 62.7 cm³/mol. The second-order valence-corrected chi connectivity index (χ2v) is 4.56. The molecule has 1 saturated heterocycles. The number of rotatable bonds is 3. The topological polar surface area (TPSA) is 29.0 Å². The van der Waals surface area contributed by atoms with Crippen LogP contribution in [0.25, 0.3) is 0 Å². The van der Waals surface area contributed by atoms with Gasteiger partial charge in [0.25, 0.3) is 0 Å². The smallest absolute Gasteiger partial charge is 0.151 e. The zero-order valence-corrected chi connectivity index (χ0v) is 9.88. The van der Waals surface area contributed by atoms with E-state index >= 15 is 0 Å². The van der Waals surface area contributed by atoms with Crippen LogP contribution in [0.1, 0.15) is 12.8 Å². The molecule has 1 aromatic rings. The summed E-state index contributed by atoms with van der Waals surface area (Å²) in [6.07, 6.45) is 2.27. The molecule has 2 heterocycles. The van der Waals surface area contributed by atoms with E-state index in [2.05, 4.69) is 15.1 Å². The first-order chi connectivity index (χ1) is 7.29. The molecular weight excluding hydrogens is 233 g/mol. The Kier molecular flexibility index (Phi) is 3.65. The van der Waals surface area contributed by atoms with Gasteiger partial charge in [-0.15, -0.1) is 21.8 Å². The van der Waals surface area contributed by atoms with E-state index in [0.29, 0.717) is 11.1 Å². The Morgan fingerprint density at radius 3 is 2.93 bits per heavy atom. The van der Waals surface area contributed by atoms with E-state index in [1.807, 2.05) is 6.07 Å². The van der Waals surface area contributed by atoms with E-state index in [9.17, 15) is 0 Å². The second kappa shape index (κ2) is 4.99. The normalized spacial score (nSPS) is 20.9. The molecule has 1 aromatic heterocycles. The van der Waals surface area contributed by atoms with Gasteiger partial charge in [-0.05, 0) is 30.9 Å². The van der Waals surface area contributed by atoms with E-state index < -0.39 is 0 Å². The number of hydrogen-bond donors (Lipinski definition) is 0. The van der Waals surface area contributed by atoms with Gasteiger partial charge in [0.2, 0.25) is 0 Å². The molecule has 0 aliphatic carbocycles. The maximum absolute atomic E-state index is 5.73. The average Bonchev–Trinajstić information content (AvgIpc) is 2.68. The van der Waals surface area contributed by atoms with Gasteiger partial charge in [0.05, 0.1) is 0 Å². The van der Waals surface area contributed by atoms with Gasteiger partial charge in [0.1, 0.15) is 0 Å². The highest BCUT2D eigenvalue weighted by molar-refractivity contribution is 6.29. The van der Waals surface area contributed by atoms with Gasteiger partial charge >= 0.3 is 0 Å². The minimum absolute atomic E-state index is 0.440. The van der Waals surface area contributed by atoms with Gasteiger partial charge in [0, 0.05) is 19.0 Å². The van der Waals surface area contributed by atoms with Crippen molar-refractivity contribution in [2.45, 2.75) is 12.8 Å². The molecule has 0 saturated carbocycles. The summed E-state index contributed by atoms with van der Waals surface area (Å²) >= 11 is 11.4. The van der Waals surface area contributed by atoms with E-state index in [0.717, 1.165) is 31.2 Å². The molecule has 3 nitrogen and oxygen atoms in total. The van der Waals surface area contributed by atoms with Crippen molar-refractivity contribution in [3.63, 3.8) is 0 Å². The minimum atomic E-state index is 0.440. The maximum Gasteiger partial charge on any atom is 0.151 e. The Balaban J connectivity index is 1.98. The second-order valence-electron chi connectivity index (χ2n) is 3.79. The van der Waals surface area contributed by atoms with E-state index in [-0.39, 0.29) is 0 Å². The van der Waals surface area contributed by atoms with Gasteiger partial charge in [-0.2, -0.15) is 0 Å². The molecule has 1 aliphatic heterocycles. The summed E-state index contributed by atoms with van der Waals surface area (Å²) in [5, 5.41) is 8.35. The summed E-state index contributed by atoms with van der Waals surface area (Å²) in [4.78, 5) is 2.24. The lowest BCUT2D eigenvalue weighted by Crippen LogP contribution is -2.21. The molecule has 1 atom stereocenters. The minimum Gasteiger partial charge on any atom is -0.355 e. The molecule has 0 bridgehead atoms. The summed E-state index contributed by atoms with van der Waals surface area (Å²) in [5.41, 5.74) is 0. The molecule has 5 heteroatoms. The highest BCUT2D eigenvalue weighted by atomic mass is 35.5. The van der Waals surface area contributed by atoms with Crippen LogP contribution in [-0.4, -0.2) is 29.2 Å². The van der Waals surface area contributed by atoms with Crippen molar-refractivity contribution in [2.24, 2.45) is 5.92 Å². The Labute approximate surface area is 99.4 Å². The summed E-state index contributed by atoms with van der Waals surface area (Å²) < 4.78 is 0. The third kappa shape index (κ3) is 2.73. The molecule has 0 spiro atoms. The van der Waals surface area contributed by atoms with Crippen LogP contribution in [0.4, 0.5) is 5.82 Å². The highest BCUT2D eigenvalue weighted by Gasteiger charge is 2.22. The number of alkyl halides is 1. The largest absolute Gasteiger partial charge is 0.355 e. The van der Waals surface area contributed by atoms with Crippen LogP contribution in [-0.2, 0) is 0 Å². The van der Waals surface area contributed by atoms with Crippen LogP contribution in [0.15, 0.2) is 12.1 Å². The fourth-order valence-electron chi connectivity index (χ4n) is 1.91. The van der Waals surface area contributed by atoms with Crippen LogP contribution >= 0.6 is 23.2 Å². The van der Waals surface area contributed by atoms with Crippen molar-refractivity contribution in [3.8, 4) is 0 Å². The van der Waals surface area contributed by atoms with Crippen molar-refractivity contribution in [1.29, 1.82) is 0 Å². The van der Waals surface area contributed by atoms with Crippen LogP contribution < -0.4 is 4.90 Å². The maximum atomic E-state index is 5.73. The van der Waals surface area contributed by atoms with Crippen molar-refractivity contribution in [3.05, 3.63) is 17.3 Å². The number of hydrogen-bond acceptors (Lipinski definition) is 3. The first-order valence-electron chi connectivity index (χ1n) is 5.09. The number of halogens is 2. The SMILES string of the molecule is ClCCC1CCN(c2ccc(Cl)nn2)C1. The van der Waals surface area contributed by atoms with Gasteiger partial charge in [-0.3, -0.25) is 0 Å². The molecule has 0 aromatic carbocycles. The highest BCUT2D eigenvalue weighted by Crippen LogP contribution is 2.24. The van der Waals surface area contributed by atoms with Crippen LogP contribution in [0.3, 0.4) is 0 Å². The van der Waals surface area contributed by atoms with Gasteiger partial charge < -0.3 is 4.90 Å². The van der Waals surface area contributed by atoms with Crippen LogP contribution in [0.2, 0.25) is 5.15 Å². The fraction of sp³-hybridized carbons (Fsp3) is 0.600. The molecule has 1 fully saturated rings. The molecule has 0 amide bonds. The molecule has 0 N–H and O–H groups in total. The fourth-order valence-corrected chi connectivity index (χ4v) is 2.32. The van der Waals surface area contributed by atoms with E-state index in [1.54, 1.807) is 6.07 Å². The zero-order valence-electron chi connectivity index (χ0n) is 8.37. The molecule has 82 valence electrons. The number of anilines is 1. The number of nitrogens with zero attached hydrogens (tertiary/aromatic N) is 3. The van der Waals surface area contributed by atoms with Crippen molar-refractivity contribution in [1.82, 2.24) is 10.2 Å². The average molecular weight is 246 g/mol. The Morgan fingerprint density at radius 2 is 2.27 bits per heavy atom. The van der Waals surface area contributed by atoms with Crippen LogP contribution in [0, 0.1) is 5.92 Å². The standard InChI is InChI=1S/C10H13Cl2N3/c11-5-3-8-4-6-15(7-8)10-2-1-9(12)13-14-10/h1-2,8H,3-7H2. The lowest BCUT2D eigenvalue weighted by Gasteiger charge is -2.16. The lowest BCUT2D eigenvalue weighted by atomic mass is 10.1. The quantitative estimate of drug-likeness (QED) is 0.767. The summed E-state index contributed by atoms with van der Waals surface area (Å²) in [5.74, 6) is 2.35. The first kappa shape index (κ1) is 11.0. The zero-order chi connectivity index (χ0) is 10.7. The van der Waals surface area contributed by atoms with Crippen molar-refractivity contribution < 1.29 is 0 Å². The number of aromatic nitrogens is 2. The van der Waals surface area contributed by atoms with E-state index in [4.69, 9.17) is 23.2 Å². The Hall–Kier alpha value is -0.540. The van der Waals surface area contributed by atoms with Crippen molar-refractivity contribution >= 4 is 29.0 Å². The predicted octanol–water partition coefficient (Wildman–Crippen LogP) is 2.59. The summed E-state index contributed by atoms with van der Waals surface area (Å²) in [7, 11) is 0. The molecular formula is C10H13Cl2N3. The molecule has 2 rings (SSSR count). The molecule has 0 radical (unpaired) electrons. The van der Waals surface area contributed by atoms with Gasteiger partial charge in [-0.25, -0.2) is 0 Å². The molecule has 1 aliphatic rings. The summed E-state index contributed by atoms with van der Waals surface area (Å²) in [6.45, 7) is 2.07.